The van der Waals surface area contributed by atoms with Crippen LogP contribution in [0.3, 0.4) is 0 Å². The van der Waals surface area contributed by atoms with Crippen LogP contribution in [0.4, 0.5) is 9.59 Å². The fourth-order valence-electron chi connectivity index (χ4n) is 3.65. The molecule has 0 saturated carbocycles. The summed E-state index contributed by atoms with van der Waals surface area (Å²) in [5, 5.41) is 3.52. The number of ether oxygens (including phenoxy) is 2. The number of likely N-dealkylation sites (tertiary alicyclic amines) is 2. The van der Waals surface area contributed by atoms with Gasteiger partial charge in [-0.2, -0.15) is 0 Å². The van der Waals surface area contributed by atoms with Crippen LogP contribution >= 0.6 is 0 Å². The van der Waals surface area contributed by atoms with Gasteiger partial charge in [-0.05, 0) is 27.3 Å². The number of hydrogen-bond acceptors (Lipinski definition) is 5. The highest BCUT2D eigenvalue weighted by Crippen LogP contribution is 2.30. The number of hydrogen-bond donors (Lipinski definition) is 1. The molecule has 2 saturated heterocycles. The molecule has 2 heterocycles. The smallest absolute Gasteiger partial charge is 0.410 e. The Morgan fingerprint density at radius 2 is 1.64 bits per heavy atom. The molecule has 142 valence electrons. The van der Waals surface area contributed by atoms with Gasteiger partial charge in [0.1, 0.15) is 12.2 Å². The van der Waals surface area contributed by atoms with E-state index in [4.69, 9.17) is 9.47 Å². The first-order valence-electron chi connectivity index (χ1n) is 8.99. The second kappa shape index (κ2) is 8.08. The van der Waals surface area contributed by atoms with E-state index in [0.717, 1.165) is 6.54 Å². The van der Waals surface area contributed by atoms with Crippen LogP contribution < -0.4 is 5.32 Å². The lowest BCUT2D eigenvalue weighted by Crippen LogP contribution is -2.65. The van der Waals surface area contributed by atoms with Crippen LogP contribution in [0.25, 0.3) is 0 Å². The summed E-state index contributed by atoms with van der Waals surface area (Å²) >= 11 is 0. The van der Waals surface area contributed by atoms with Crippen LogP contribution in [-0.4, -0.2) is 73.0 Å². The summed E-state index contributed by atoms with van der Waals surface area (Å²) in [7, 11) is 0. The standard InChI is InChI=1S/C18H31N3O4/c1-6-8-24-16(22)20-9-13-11-21(17(23)25-18(3,4)5)12-14(10-20)15(13)19-7-2/h6,13-15,19H,1,7-12H2,2-5H3. The lowest BCUT2D eigenvalue weighted by atomic mass is 9.79. The predicted molar refractivity (Wildman–Crippen MR) is 95.4 cm³/mol. The Labute approximate surface area is 150 Å². The SMILES string of the molecule is C=CCOC(=O)N1CC2CN(C(=O)OC(C)(C)C)CC(C1)C2NCC. The maximum atomic E-state index is 12.4. The van der Waals surface area contributed by atoms with Gasteiger partial charge in [0.15, 0.2) is 0 Å². The van der Waals surface area contributed by atoms with Crippen molar-refractivity contribution in [2.45, 2.75) is 39.3 Å². The van der Waals surface area contributed by atoms with Gasteiger partial charge in [0.25, 0.3) is 0 Å². The fraction of sp³-hybridized carbons (Fsp3) is 0.778. The predicted octanol–water partition coefficient (Wildman–Crippen LogP) is 2.09. The highest BCUT2D eigenvalue weighted by atomic mass is 16.6. The second-order valence-corrected chi connectivity index (χ2v) is 7.76. The minimum absolute atomic E-state index is 0.163. The number of piperidine rings is 2. The molecule has 2 fully saturated rings. The molecule has 2 aliphatic heterocycles. The van der Waals surface area contributed by atoms with E-state index >= 15 is 0 Å². The van der Waals surface area contributed by atoms with E-state index in [-0.39, 0.29) is 30.6 Å². The van der Waals surface area contributed by atoms with Crippen molar-refractivity contribution in [3.63, 3.8) is 0 Å². The number of rotatable bonds is 4. The number of fused-ring (bicyclic) bond motifs is 2. The van der Waals surface area contributed by atoms with E-state index < -0.39 is 5.60 Å². The largest absolute Gasteiger partial charge is 0.445 e. The third-order valence-corrected chi connectivity index (χ3v) is 4.51. The summed E-state index contributed by atoms with van der Waals surface area (Å²) in [6, 6.07) is 0.298. The van der Waals surface area contributed by atoms with Crippen LogP contribution in [0.15, 0.2) is 12.7 Å². The Morgan fingerprint density at radius 3 is 2.08 bits per heavy atom. The lowest BCUT2D eigenvalue weighted by Gasteiger charge is -2.50. The van der Waals surface area contributed by atoms with Gasteiger partial charge in [0.2, 0.25) is 0 Å². The minimum atomic E-state index is -0.509. The third kappa shape index (κ3) is 5.11. The van der Waals surface area contributed by atoms with Crippen molar-refractivity contribution in [2.24, 2.45) is 11.8 Å². The summed E-state index contributed by atoms with van der Waals surface area (Å²) in [5.41, 5.74) is -0.509. The highest BCUT2D eigenvalue weighted by Gasteiger charge is 2.45. The molecule has 7 nitrogen and oxygen atoms in total. The van der Waals surface area contributed by atoms with E-state index in [9.17, 15) is 9.59 Å². The molecule has 0 aliphatic carbocycles. The summed E-state index contributed by atoms with van der Waals surface area (Å²) in [6.07, 6.45) is 0.977. The van der Waals surface area contributed by atoms with Crippen molar-refractivity contribution < 1.29 is 19.1 Å². The Kier molecular flexibility index (Phi) is 6.32. The molecule has 2 bridgehead atoms. The monoisotopic (exact) mass is 353 g/mol. The van der Waals surface area contributed by atoms with Gasteiger partial charge in [0.05, 0.1) is 0 Å². The fourth-order valence-corrected chi connectivity index (χ4v) is 3.65. The van der Waals surface area contributed by atoms with E-state index in [1.54, 1.807) is 15.9 Å². The average molecular weight is 353 g/mol. The zero-order valence-corrected chi connectivity index (χ0v) is 15.8. The van der Waals surface area contributed by atoms with E-state index in [1.165, 1.54) is 0 Å². The molecule has 0 radical (unpaired) electrons. The lowest BCUT2D eigenvalue weighted by molar-refractivity contribution is -0.0221. The van der Waals surface area contributed by atoms with Crippen molar-refractivity contribution in [2.75, 3.05) is 39.3 Å². The first kappa shape index (κ1) is 19.6. The maximum Gasteiger partial charge on any atom is 0.410 e. The zero-order chi connectivity index (χ0) is 18.6. The summed E-state index contributed by atoms with van der Waals surface area (Å²) in [5.74, 6) is 0.326. The zero-order valence-electron chi connectivity index (χ0n) is 15.8. The quantitative estimate of drug-likeness (QED) is 0.784. The van der Waals surface area contributed by atoms with Crippen molar-refractivity contribution in [3.8, 4) is 0 Å². The number of carbonyl (C=O) groups excluding carboxylic acids is 2. The van der Waals surface area contributed by atoms with Crippen molar-refractivity contribution >= 4 is 12.2 Å². The molecule has 0 aromatic heterocycles. The first-order valence-corrected chi connectivity index (χ1v) is 8.99. The molecular formula is C18H31N3O4. The molecule has 2 atom stereocenters. The Balaban J connectivity index is 2.05. The minimum Gasteiger partial charge on any atom is -0.445 e. The maximum absolute atomic E-state index is 12.4. The second-order valence-electron chi connectivity index (χ2n) is 7.76. The summed E-state index contributed by atoms with van der Waals surface area (Å²) in [6.45, 7) is 14.6. The molecule has 2 rings (SSSR count). The van der Waals surface area contributed by atoms with Crippen LogP contribution in [0.1, 0.15) is 27.7 Å². The Morgan fingerprint density at radius 1 is 1.12 bits per heavy atom. The van der Waals surface area contributed by atoms with Crippen molar-refractivity contribution in [3.05, 3.63) is 12.7 Å². The third-order valence-electron chi connectivity index (χ3n) is 4.51. The van der Waals surface area contributed by atoms with Crippen LogP contribution in [-0.2, 0) is 9.47 Å². The number of nitrogens with one attached hydrogen (secondary N) is 1. The molecule has 0 aromatic rings. The van der Waals surface area contributed by atoms with E-state index in [2.05, 4.69) is 18.8 Å². The molecule has 0 aromatic carbocycles. The molecule has 2 aliphatic rings. The Bertz CT molecular complexity index is 487. The molecule has 2 amide bonds. The first-order chi connectivity index (χ1) is 11.7. The molecule has 0 spiro atoms. The van der Waals surface area contributed by atoms with Gasteiger partial charge in [-0.25, -0.2) is 9.59 Å². The van der Waals surface area contributed by atoms with Gasteiger partial charge < -0.3 is 24.6 Å². The topological polar surface area (TPSA) is 71.1 Å². The van der Waals surface area contributed by atoms with Gasteiger partial charge in [0, 0.05) is 44.1 Å². The highest BCUT2D eigenvalue weighted by molar-refractivity contribution is 5.69. The van der Waals surface area contributed by atoms with Crippen LogP contribution in [0.5, 0.6) is 0 Å². The summed E-state index contributed by atoms with van der Waals surface area (Å²) < 4.78 is 10.7. The van der Waals surface area contributed by atoms with Gasteiger partial charge in [-0.15, -0.1) is 0 Å². The molecule has 25 heavy (non-hydrogen) atoms. The van der Waals surface area contributed by atoms with Gasteiger partial charge in [-0.1, -0.05) is 19.6 Å². The van der Waals surface area contributed by atoms with E-state index in [1.807, 2.05) is 20.8 Å². The van der Waals surface area contributed by atoms with Crippen LogP contribution in [0, 0.1) is 11.8 Å². The average Bonchev–Trinajstić information content (AvgIpc) is 2.50. The number of nitrogens with zero attached hydrogens (tertiary/aromatic N) is 2. The number of amides is 2. The van der Waals surface area contributed by atoms with Crippen molar-refractivity contribution in [1.29, 1.82) is 0 Å². The van der Waals surface area contributed by atoms with Gasteiger partial charge >= 0.3 is 12.2 Å². The normalized spacial score (nSPS) is 26.2. The summed E-state index contributed by atoms with van der Waals surface area (Å²) in [4.78, 5) is 28.1. The van der Waals surface area contributed by atoms with E-state index in [0.29, 0.717) is 32.2 Å². The van der Waals surface area contributed by atoms with Gasteiger partial charge in [-0.3, -0.25) is 0 Å². The van der Waals surface area contributed by atoms with Crippen LogP contribution in [0.2, 0.25) is 0 Å². The van der Waals surface area contributed by atoms with Crippen molar-refractivity contribution in [1.82, 2.24) is 15.1 Å². The molecule has 7 heteroatoms. The molecule has 1 N–H and O–H groups in total. The number of carbonyl (C=O) groups is 2. The Hall–Kier alpha value is -1.76. The molecule has 2 unspecified atom stereocenters. The molecular weight excluding hydrogens is 322 g/mol.